The van der Waals surface area contributed by atoms with Crippen LogP contribution in [0.15, 0.2) is 59.5 Å². The Bertz CT molecular complexity index is 896. The fourth-order valence-corrected chi connectivity index (χ4v) is 5.33. The molecule has 0 aliphatic carbocycles. The highest BCUT2D eigenvalue weighted by Gasteiger charge is 2.44. The van der Waals surface area contributed by atoms with Gasteiger partial charge in [-0.2, -0.15) is 8.42 Å². The zero-order chi connectivity index (χ0) is 20.1. The fourth-order valence-electron chi connectivity index (χ4n) is 3.07. The maximum Gasteiger partial charge on any atom is 0.264 e. The Kier molecular flexibility index (Phi) is 7.00. The van der Waals surface area contributed by atoms with Gasteiger partial charge in [0.15, 0.2) is 0 Å². The third kappa shape index (κ3) is 5.71. The van der Waals surface area contributed by atoms with Crippen molar-refractivity contribution < 1.29 is 26.3 Å². The van der Waals surface area contributed by atoms with Crippen LogP contribution in [0.25, 0.3) is 0 Å². The number of hydrogen-bond donors (Lipinski definition) is 0. The average Bonchev–Trinajstić information content (AvgIpc) is 3.03. The Morgan fingerprint density at radius 2 is 1.79 bits per heavy atom. The molecule has 28 heavy (non-hydrogen) atoms. The molecule has 1 unspecified atom stereocenters. The molecule has 1 fully saturated rings. The van der Waals surface area contributed by atoms with E-state index in [4.69, 9.17) is 13.7 Å². The van der Waals surface area contributed by atoms with Gasteiger partial charge in [-0.05, 0) is 24.6 Å². The van der Waals surface area contributed by atoms with E-state index in [-0.39, 0.29) is 13.2 Å². The van der Waals surface area contributed by atoms with Crippen molar-refractivity contribution in [1.29, 1.82) is 0 Å². The van der Waals surface area contributed by atoms with Crippen molar-refractivity contribution in [2.75, 3.05) is 19.5 Å². The predicted octanol–water partition coefficient (Wildman–Crippen LogP) is 2.43. The second-order valence-corrected chi connectivity index (χ2v) is 10.00. The molecule has 0 spiro atoms. The molecule has 1 saturated heterocycles. The van der Waals surface area contributed by atoms with E-state index < -0.39 is 38.4 Å². The summed E-state index contributed by atoms with van der Waals surface area (Å²) in [6, 6.07) is 17.0. The van der Waals surface area contributed by atoms with E-state index in [1.807, 2.05) is 49.4 Å². The van der Waals surface area contributed by atoms with Crippen LogP contribution in [0.1, 0.15) is 11.1 Å². The zero-order valence-corrected chi connectivity index (χ0v) is 17.4. The molecule has 2 aromatic carbocycles. The van der Waals surface area contributed by atoms with E-state index >= 15 is 0 Å². The van der Waals surface area contributed by atoms with Crippen LogP contribution in [0.2, 0.25) is 0 Å². The molecule has 0 N–H and O–H groups in total. The summed E-state index contributed by atoms with van der Waals surface area (Å²) >= 11 is 0. The van der Waals surface area contributed by atoms with E-state index in [1.165, 1.54) is 0 Å². The minimum Gasteiger partial charge on any atom is -0.374 e. The molecule has 0 saturated carbocycles. The smallest absolute Gasteiger partial charge is 0.264 e. The SMILES string of the molecule is Cc1ccc(S(=O)[C@@H]2[C@@H](OS(C)(=O)=O)CO[C@@H]2COCc2ccccc2)cc1. The molecule has 1 heterocycles. The van der Waals surface area contributed by atoms with E-state index in [2.05, 4.69) is 0 Å². The number of hydrogen-bond acceptors (Lipinski definition) is 6. The van der Waals surface area contributed by atoms with E-state index in [0.29, 0.717) is 11.5 Å². The maximum atomic E-state index is 13.2. The summed E-state index contributed by atoms with van der Waals surface area (Å²) < 4.78 is 53.1. The molecule has 8 heteroatoms. The van der Waals surface area contributed by atoms with Gasteiger partial charge in [-0.25, -0.2) is 0 Å². The van der Waals surface area contributed by atoms with Crippen LogP contribution in [0.5, 0.6) is 0 Å². The Hall–Kier alpha value is -1.58. The van der Waals surface area contributed by atoms with Crippen LogP contribution in [0.4, 0.5) is 0 Å². The fraction of sp³-hybridized carbons (Fsp3) is 0.400. The molecule has 3 rings (SSSR count). The lowest BCUT2D eigenvalue weighted by atomic mass is 10.2. The lowest BCUT2D eigenvalue weighted by molar-refractivity contribution is 0.0101. The molecule has 1 aliphatic heterocycles. The Morgan fingerprint density at radius 3 is 2.43 bits per heavy atom. The summed E-state index contributed by atoms with van der Waals surface area (Å²) in [6.45, 7) is 2.58. The minimum atomic E-state index is -3.71. The maximum absolute atomic E-state index is 13.2. The Morgan fingerprint density at radius 1 is 1.11 bits per heavy atom. The van der Waals surface area contributed by atoms with Gasteiger partial charge < -0.3 is 9.47 Å². The monoisotopic (exact) mass is 424 g/mol. The number of aryl methyl sites for hydroxylation is 1. The van der Waals surface area contributed by atoms with Crippen molar-refractivity contribution in [2.45, 2.75) is 35.9 Å². The molecule has 1 aliphatic rings. The first-order chi connectivity index (χ1) is 13.3. The molecule has 0 aromatic heterocycles. The number of benzene rings is 2. The highest BCUT2D eigenvalue weighted by Crippen LogP contribution is 2.28. The van der Waals surface area contributed by atoms with Crippen LogP contribution >= 0.6 is 0 Å². The molecule has 6 nitrogen and oxygen atoms in total. The topological polar surface area (TPSA) is 78.9 Å². The summed E-state index contributed by atoms with van der Waals surface area (Å²) in [5.74, 6) is 0. The van der Waals surface area contributed by atoms with Gasteiger partial charge in [-0.1, -0.05) is 48.0 Å². The van der Waals surface area contributed by atoms with Crippen LogP contribution in [0.3, 0.4) is 0 Å². The molecule has 0 amide bonds. The van der Waals surface area contributed by atoms with Crippen molar-refractivity contribution >= 4 is 20.9 Å². The first-order valence-corrected chi connectivity index (χ1v) is 12.0. The molecular weight excluding hydrogens is 400 g/mol. The lowest BCUT2D eigenvalue weighted by Crippen LogP contribution is -2.39. The number of ether oxygens (including phenoxy) is 2. The molecule has 152 valence electrons. The molecule has 4 atom stereocenters. The van der Waals surface area contributed by atoms with Gasteiger partial charge in [0.05, 0.1) is 48.2 Å². The van der Waals surface area contributed by atoms with Crippen molar-refractivity contribution in [2.24, 2.45) is 0 Å². The van der Waals surface area contributed by atoms with Crippen molar-refractivity contribution in [1.82, 2.24) is 0 Å². The lowest BCUT2D eigenvalue weighted by Gasteiger charge is -2.22. The van der Waals surface area contributed by atoms with E-state index in [9.17, 15) is 12.6 Å². The highest BCUT2D eigenvalue weighted by atomic mass is 32.2. The van der Waals surface area contributed by atoms with Gasteiger partial charge in [-0.15, -0.1) is 0 Å². The van der Waals surface area contributed by atoms with Gasteiger partial charge in [0.25, 0.3) is 10.1 Å². The summed E-state index contributed by atoms with van der Waals surface area (Å²) in [5.41, 5.74) is 2.07. The van der Waals surface area contributed by atoms with Crippen LogP contribution in [0, 0.1) is 6.92 Å². The zero-order valence-electron chi connectivity index (χ0n) is 15.8. The standard InChI is InChI=1S/C20H24O6S2/c1-15-8-10-17(11-9-15)27(21)20-18(25-14-19(20)26-28(2,22)23)13-24-12-16-6-4-3-5-7-16/h3-11,18-20H,12-14H2,1-2H3/t18-,19+,20+,27?/m1/s1. The highest BCUT2D eigenvalue weighted by molar-refractivity contribution is 7.86. The predicted molar refractivity (Wildman–Crippen MR) is 107 cm³/mol. The second kappa shape index (κ2) is 9.28. The first-order valence-electron chi connectivity index (χ1n) is 8.92. The van der Waals surface area contributed by atoms with Crippen molar-refractivity contribution in [3.05, 3.63) is 65.7 Å². The van der Waals surface area contributed by atoms with Gasteiger partial charge in [0, 0.05) is 4.90 Å². The van der Waals surface area contributed by atoms with Crippen LogP contribution in [-0.4, -0.2) is 49.6 Å². The largest absolute Gasteiger partial charge is 0.374 e. The van der Waals surface area contributed by atoms with Crippen molar-refractivity contribution in [3.63, 3.8) is 0 Å². The van der Waals surface area contributed by atoms with Crippen LogP contribution < -0.4 is 0 Å². The van der Waals surface area contributed by atoms with Crippen molar-refractivity contribution in [3.8, 4) is 0 Å². The summed E-state index contributed by atoms with van der Waals surface area (Å²) in [4.78, 5) is 0.608. The second-order valence-electron chi connectivity index (χ2n) is 6.79. The van der Waals surface area contributed by atoms with Crippen LogP contribution in [-0.2, 0) is 41.2 Å². The van der Waals surface area contributed by atoms with Gasteiger partial charge in [0.1, 0.15) is 6.10 Å². The molecule has 0 bridgehead atoms. The third-order valence-corrected chi connectivity index (χ3v) is 6.84. The average molecular weight is 425 g/mol. The number of rotatable bonds is 8. The third-order valence-electron chi connectivity index (χ3n) is 4.40. The summed E-state index contributed by atoms with van der Waals surface area (Å²) in [7, 11) is -5.21. The molecule has 0 radical (unpaired) electrons. The molecular formula is C20H24O6S2. The minimum absolute atomic E-state index is 0.0503. The van der Waals surface area contributed by atoms with Gasteiger partial charge in [-0.3, -0.25) is 8.39 Å². The van der Waals surface area contributed by atoms with E-state index in [0.717, 1.165) is 17.4 Å². The Labute approximate surface area is 168 Å². The molecule has 2 aromatic rings. The Balaban J connectivity index is 1.73. The van der Waals surface area contributed by atoms with E-state index in [1.54, 1.807) is 12.1 Å². The van der Waals surface area contributed by atoms with Gasteiger partial charge in [0.2, 0.25) is 0 Å². The summed E-state index contributed by atoms with van der Waals surface area (Å²) in [6.07, 6.45) is -0.363. The normalized spacial score (nSPS) is 23.6. The first kappa shape index (κ1) is 21.1. The quantitative estimate of drug-likeness (QED) is 0.606. The van der Waals surface area contributed by atoms with Gasteiger partial charge >= 0.3 is 0 Å². The summed E-state index contributed by atoms with van der Waals surface area (Å²) in [5, 5.41) is -0.645.